The number of pyridine rings is 1. The Morgan fingerprint density at radius 3 is 2.53 bits per heavy atom. The van der Waals surface area contributed by atoms with Crippen LogP contribution < -0.4 is 15.4 Å². The quantitative estimate of drug-likeness (QED) is 0.352. The molecule has 0 saturated carbocycles. The Morgan fingerprint density at radius 1 is 1.14 bits per heavy atom. The van der Waals surface area contributed by atoms with Crippen LogP contribution in [0.3, 0.4) is 0 Å². The Kier molecular flexibility index (Phi) is 6.52. The number of benzene rings is 1. The van der Waals surface area contributed by atoms with Gasteiger partial charge in [-0.1, -0.05) is 23.2 Å². The van der Waals surface area contributed by atoms with Gasteiger partial charge < -0.3 is 15.4 Å². The molecule has 1 unspecified atom stereocenters. The molecule has 2 fully saturated rings. The fourth-order valence-corrected chi connectivity index (χ4v) is 7.43. The molecule has 1 spiro atoms. The van der Waals surface area contributed by atoms with Crippen LogP contribution in [0.5, 0.6) is 5.75 Å². The number of hydrogen-bond acceptors (Lipinski definition) is 9. The van der Waals surface area contributed by atoms with Gasteiger partial charge in [-0.05, 0) is 31.0 Å². The zero-order chi connectivity index (χ0) is 25.5. The second kappa shape index (κ2) is 9.49. The molecule has 0 bridgehead atoms. The molecule has 36 heavy (non-hydrogen) atoms. The van der Waals surface area contributed by atoms with Gasteiger partial charge in [-0.25, -0.2) is 18.4 Å². The standard InChI is InChI=1S/C24H24Cl2N6O3S/c25-19-10-29-11-20(26)18(19)12-35-16-1-2-21(27)17(7-16)22(28)15-8-30-23(31-9-15)32-5-3-24(13-32)4-6-36(33,34)14-24/h1-2,7-11,28H,3-6,12-14,27H2. The lowest BCUT2D eigenvalue weighted by atomic mass is 9.87. The average molecular weight is 547 g/mol. The topological polar surface area (TPSA) is 135 Å². The summed E-state index contributed by atoms with van der Waals surface area (Å²) in [6.07, 6.45) is 7.67. The van der Waals surface area contributed by atoms with Crippen LogP contribution >= 0.6 is 23.2 Å². The van der Waals surface area contributed by atoms with E-state index in [4.69, 9.17) is 39.1 Å². The average Bonchev–Trinajstić information content (AvgIpc) is 3.40. The Morgan fingerprint density at radius 2 is 1.86 bits per heavy atom. The third kappa shape index (κ3) is 4.98. The maximum atomic E-state index is 12.0. The molecule has 1 aromatic carbocycles. The number of ether oxygens (including phenoxy) is 1. The first-order chi connectivity index (χ1) is 17.1. The lowest BCUT2D eigenvalue weighted by molar-refractivity contribution is 0.306. The maximum Gasteiger partial charge on any atom is 0.225 e. The van der Waals surface area contributed by atoms with Gasteiger partial charge in [0.25, 0.3) is 0 Å². The number of hydrogen-bond donors (Lipinski definition) is 2. The highest BCUT2D eigenvalue weighted by Crippen LogP contribution is 2.41. The van der Waals surface area contributed by atoms with Crippen molar-refractivity contribution in [1.82, 2.24) is 15.0 Å². The molecule has 3 N–H and O–H groups in total. The van der Waals surface area contributed by atoms with Crippen molar-refractivity contribution in [2.24, 2.45) is 5.41 Å². The van der Waals surface area contributed by atoms with Gasteiger partial charge in [-0.3, -0.25) is 10.4 Å². The fourth-order valence-electron chi connectivity index (χ4n) is 4.75. The van der Waals surface area contributed by atoms with Gasteiger partial charge in [-0.15, -0.1) is 0 Å². The van der Waals surface area contributed by atoms with Gasteiger partial charge in [-0.2, -0.15) is 0 Å². The van der Waals surface area contributed by atoms with Crippen molar-refractivity contribution in [2.45, 2.75) is 19.4 Å². The first kappa shape index (κ1) is 24.7. The molecule has 0 amide bonds. The van der Waals surface area contributed by atoms with Crippen LogP contribution in [0.4, 0.5) is 11.6 Å². The van der Waals surface area contributed by atoms with Crippen molar-refractivity contribution in [1.29, 1.82) is 5.41 Å². The highest BCUT2D eigenvalue weighted by Gasteiger charge is 2.47. The van der Waals surface area contributed by atoms with Crippen LogP contribution in [0.2, 0.25) is 10.0 Å². The van der Waals surface area contributed by atoms with Gasteiger partial charge in [0.2, 0.25) is 5.95 Å². The molecule has 5 rings (SSSR count). The van der Waals surface area contributed by atoms with Crippen molar-refractivity contribution >= 4 is 50.4 Å². The Bertz CT molecular complexity index is 1410. The fraction of sp³-hybridized carbons (Fsp3) is 0.333. The molecule has 1 atom stereocenters. The van der Waals surface area contributed by atoms with Crippen molar-refractivity contribution < 1.29 is 13.2 Å². The smallest absolute Gasteiger partial charge is 0.225 e. The number of halogens is 2. The van der Waals surface area contributed by atoms with E-state index in [0.717, 1.165) is 6.42 Å². The monoisotopic (exact) mass is 546 g/mol. The highest BCUT2D eigenvalue weighted by atomic mass is 35.5. The van der Waals surface area contributed by atoms with Crippen LogP contribution in [-0.2, 0) is 16.4 Å². The summed E-state index contributed by atoms with van der Waals surface area (Å²) in [5.41, 5.74) is 8.12. The van der Waals surface area contributed by atoms with E-state index in [2.05, 4.69) is 15.0 Å². The Hall–Kier alpha value is -2.95. The van der Waals surface area contributed by atoms with E-state index in [9.17, 15) is 8.42 Å². The third-order valence-corrected chi connectivity index (χ3v) is 9.28. The molecule has 2 saturated heterocycles. The molecule has 2 aliphatic rings. The first-order valence-corrected chi connectivity index (χ1v) is 13.9. The lowest BCUT2D eigenvalue weighted by Crippen LogP contribution is -2.29. The molecule has 188 valence electrons. The van der Waals surface area contributed by atoms with Gasteiger partial charge >= 0.3 is 0 Å². The second-order valence-electron chi connectivity index (χ2n) is 9.28. The van der Waals surface area contributed by atoms with Crippen LogP contribution in [0.1, 0.15) is 29.5 Å². The van der Waals surface area contributed by atoms with Gasteiger partial charge in [0.05, 0.1) is 27.3 Å². The van der Waals surface area contributed by atoms with Crippen LogP contribution in [-0.4, -0.2) is 53.7 Å². The van der Waals surface area contributed by atoms with Crippen LogP contribution in [0.15, 0.2) is 43.0 Å². The van der Waals surface area contributed by atoms with Crippen LogP contribution in [0, 0.1) is 10.8 Å². The summed E-state index contributed by atoms with van der Waals surface area (Å²) >= 11 is 12.3. The number of nitrogens with zero attached hydrogens (tertiary/aromatic N) is 4. The molecule has 4 heterocycles. The van der Waals surface area contributed by atoms with E-state index in [1.807, 2.05) is 4.90 Å². The van der Waals surface area contributed by atoms with E-state index < -0.39 is 9.84 Å². The summed E-state index contributed by atoms with van der Waals surface area (Å²) in [7, 11) is -2.96. The van der Waals surface area contributed by atoms with Crippen molar-refractivity contribution in [3.05, 3.63) is 69.7 Å². The molecule has 2 aromatic heterocycles. The van der Waals surface area contributed by atoms with E-state index in [1.165, 1.54) is 12.4 Å². The summed E-state index contributed by atoms with van der Waals surface area (Å²) in [5.74, 6) is 1.52. The molecular weight excluding hydrogens is 523 g/mol. The number of sulfone groups is 1. The van der Waals surface area contributed by atoms with Crippen molar-refractivity contribution in [3.63, 3.8) is 0 Å². The molecule has 0 aliphatic carbocycles. The summed E-state index contributed by atoms with van der Waals surface area (Å²) in [5, 5.41) is 9.49. The number of anilines is 2. The molecule has 12 heteroatoms. The number of aromatic nitrogens is 3. The first-order valence-electron chi connectivity index (χ1n) is 11.3. The van der Waals surface area contributed by atoms with E-state index in [1.54, 1.807) is 30.6 Å². The molecule has 0 radical (unpaired) electrons. The van der Waals surface area contributed by atoms with Crippen LogP contribution in [0.25, 0.3) is 0 Å². The lowest BCUT2D eigenvalue weighted by Gasteiger charge is -2.22. The minimum absolute atomic E-state index is 0.132. The van der Waals surface area contributed by atoms with Crippen molar-refractivity contribution in [2.75, 3.05) is 35.2 Å². The Labute approximate surface area is 219 Å². The summed E-state index contributed by atoms with van der Waals surface area (Å²) in [6.45, 7) is 1.47. The number of nitrogens with two attached hydrogens (primary N) is 1. The minimum Gasteiger partial charge on any atom is -0.489 e. The van der Waals surface area contributed by atoms with Crippen molar-refractivity contribution in [3.8, 4) is 5.75 Å². The SMILES string of the molecule is N=C(c1cnc(N2CCC3(CCS(=O)(=O)C3)C2)nc1)c1cc(OCc2c(Cl)cncc2Cl)ccc1N. The highest BCUT2D eigenvalue weighted by molar-refractivity contribution is 7.91. The van der Waals surface area contributed by atoms with Gasteiger partial charge in [0, 0.05) is 65.7 Å². The molecule has 9 nitrogen and oxygen atoms in total. The second-order valence-corrected chi connectivity index (χ2v) is 12.3. The predicted octanol–water partition coefficient (Wildman–Crippen LogP) is 3.77. The largest absolute Gasteiger partial charge is 0.489 e. The molecular formula is C24H24Cl2N6O3S. The molecule has 2 aliphatic heterocycles. The zero-order valence-corrected chi connectivity index (χ0v) is 21.6. The predicted molar refractivity (Wildman–Crippen MR) is 140 cm³/mol. The van der Waals surface area contributed by atoms with E-state index in [-0.39, 0.29) is 29.2 Å². The van der Waals surface area contributed by atoms with Gasteiger partial charge in [0.15, 0.2) is 9.84 Å². The molecule has 3 aromatic rings. The third-order valence-electron chi connectivity index (χ3n) is 6.75. The summed E-state index contributed by atoms with van der Waals surface area (Å²) < 4.78 is 29.8. The maximum absolute atomic E-state index is 12.0. The van der Waals surface area contributed by atoms with Gasteiger partial charge in [0.1, 0.15) is 12.4 Å². The number of rotatable bonds is 6. The van der Waals surface area contributed by atoms with E-state index in [0.29, 0.717) is 63.6 Å². The minimum atomic E-state index is -2.96. The van der Waals surface area contributed by atoms with E-state index >= 15 is 0 Å². The summed E-state index contributed by atoms with van der Waals surface area (Å²) in [4.78, 5) is 14.9. The summed E-state index contributed by atoms with van der Waals surface area (Å²) in [6, 6.07) is 5.06. The Balaban J connectivity index is 1.29. The zero-order valence-electron chi connectivity index (χ0n) is 19.2. The number of nitrogen functional groups attached to an aromatic ring is 1. The normalized spacial score (nSPS) is 20.7. The number of nitrogens with one attached hydrogen (secondary N) is 1.